The van der Waals surface area contributed by atoms with Crippen molar-refractivity contribution in [1.82, 2.24) is 10.2 Å². The van der Waals surface area contributed by atoms with Crippen molar-refractivity contribution < 1.29 is 9.53 Å². The summed E-state index contributed by atoms with van der Waals surface area (Å²) in [6, 6.07) is 14.4. The van der Waals surface area contributed by atoms with E-state index in [4.69, 9.17) is 4.74 Å². The molecular weight excluding hydrogens is 348 g/mol. The number of rotatable bonds is 7. The van der Waals surface area contributed by atoms with Crippen LogP contribution in [0.5, 0.6) is 5.75 Å². The first-order valence-electron chi connectivity index (χ1n) is 10.3. The number of amides is 1. The average Bonchev–Trinajstić information content (AvgIpc) is 2.70. The Labute approximate surface area is 168 Å². The predicted molar refractivity (Wildman–Crippen MR) is 113 cm³/mol. The van der Waals surface area contributed by atoms with Crippen LogP contribution in [0.1, 0.15) is 48.4 Å². The van der Waals surface area contributed by atoms with Crippen LogP contribution in [0.25, 0.3) is 0 Å². The number of carbonyl (C=O) groups excluding carboxylic acids is 1. The molecule has 1 N–H and O–H groups in total. The second-order valence-electron chi connectivity index (χ2n) is 7.83. The van der Waals surface area contributed by atoms with Crippen LogP contribution in [0.2, 0.25) is 0 Å². The molecule has 2 aromatic rings. The first kappa shape index (κ1) is 20.4. The summed E-state index contributed by atoms with van der Waals surface area (Å²) < 4.78 is 5.88. The van der Waals surface area contributed by atoms with E-state index in [1.165, 1.54) is 37.9 Å². The van der Waals surface area contributed by atoms with Gasteiger partial charge in [0, 0.05) is 13.1 Å². The maximum atomic E-state index is 12.5. The molecule has 28 heavy (non-hydrogen) atoms. The lowest BCUT2D eigenvalue weighted by molar-refractivity contribution is -0.127. The number of carbonyl (C=O) groups is 1. The van der Waals surface area contributed by atoms with Gasteiger partial charge in [0.15, 0.2) is 6.10 Å². The summed E-state index contributed by atoms with van der Waals surface area (Å²) in [5.41, 5.74) is 4.68. The third-order valence-electron chi connectivity index (χ3n) is 5.54. The maximum absolute atomic E-state index is 12.5. The van der Waals surface area contributed by atoms with Gasteiger partial charge in [0.2, 0.25) is 0 Å². The number of benzene rings is 2. The molecule has 1 aliphatic rings. The summed E-state index contributed by atoms with van der Waals surface area (Å²) in [7, 11) is 0. The van der Waals surface area contributed by atoms with E-state index < -0.39 is 6.10 Å². The Hall–Kier alpha value is -2.33. The molecule has 1 unspecified atom stereocenters. The molecule has 1 fully saturated rings. The minimum Gasteiger partial charge on any atom is -0.481 e. The molecule has 1 atom stereocenters. The molecule has 0 spiro atoms. The summed E-state index contributed by atoms with van der Waals surface area (Å²) >= 11 is 0. The van der Waals surface area contributed by atoms with Gasteiger partial charge < -0.3 is 10.1 Å². The van der Waals surface area contributed by atoms with Crippen molar-refractivity contribution in [1.29, 1.82) is 0 Å². The van der Waals surface area contributed by atoms with E-state index in [0.717, 1.165) is 29.0 Å². The smallest absolute Gasteiger partial charge is 0.261 e. The zero-order valence-electron chi connectivity index (χ0n) is 17.3. The molecule has 2 aromatic carbocycles. The molecule has 0 bridgehead atoms. The first-order chi connectivity index (χ1) is 13.5. The van der Waals surface area contributed by atoms with Gasteiger partial charge >= 0.3 is 0 Å². The second kappa shape index (κ2) is 9.74. The average molecular weight is 381 g/mol. The van der Waals surface area contributed by atoms with Crippen LogP contribution in [0.3, 0.4) is 0 Å². The molecule has 0 aromatic heterocycles. The van der Waals surface area contributed by atoms with Gasteiger partial charge in [-0.1, -0.05) is 42.8 Å². The van der Waals surface area contributed by atoms with Gasteiger partial charge in [-0.25, -0.2) is 0 Å². The quantitative estimate of drug-likeness (QED) is 0.775. The third kappa shape index (κ3) is 5.59. The highest BCUT2D eigenvalue weighted by atomic mass is 16.5. The van der Waals surface area contributed by atoms with E-state index in [1.54, 1.807) is 6.92 Å². The summed E-state index contributed by atoms with van der Waals surface area (Å²) in [5.74, 6) is 0.675. The number of nitrogens with one attached hydrogen (secondary N) is 1. The summed E-state index contributed by atoms with van der Waals surface area (Å²) in [5, 5.41) is 3.01. The molecule has 1 saturated heterocycles. The SMILES string of the molecule is Cc1cccc(OC(C)C(=O)NCc2cccc(CN3CCCCC3)c2)c1C. The summed E-state index contributed by atoms with van der Waals surface area (Å²) in [6.45, 7) is 9.75. The summed E-state index contributed by atoms with van der Waals surface area (Å²) in [4.78, 5) is 15.0. The van der Waals surface area contributed by atoms with Gasteiger partial charge in [-0.3, -0.25) is 9.69 Å². The van der Waals surface area contributed by atoms with Crippen molar-refractivity contribution in [2.24, 2.45) is 0 Å². The molecule has 0 radical (unpaired) electrons. The van der Waals surface area contributed by atoms with E-state index >= 15 is 0 Å². The van der Waals surface area contributed by atoms with E-state index in [2.05, 4.69) is 34.5 Å². The zero-order chi connectivity index (χ0) is 19.9. The number of hydrogen-bond donors (Lipinski definition) is 1. The molecule has 4 nitrogen and oxygen atoms in total. The van der Waals surface area contributed by atoms with Gasteiger partial charge in [-0.15, -0.1) is 0 Å². The standard InChI is InChI=1S/C24H32N2O2/c1-18-9-7-12-23(19(18)2)28-20(3)24(27)25-16-21-10-8-11-22(15-21)17-26-13-5-4-6-14-26/h7-12,15,20H,4-6,13-14,16-17H2,1-3H3,(H,25,27). The number of aryl methyl sites for hydroxylation is 1. The lowest BCUT2D eigenvalue weighted by Gasteiger charge is -2.26. The fourth-order valence-electron chi connectivity index (χ4n) is 3.64. The number of hydrogen-bond acceptors (Lipinski definition) is 3. The van der Waals surface area contributed by atoms with Crippen molar-refractivity contribution >= 4 is 5.91 Å². The van der Waals surface area contributed by atoms with Crippen molar-refractivity contribution in [2.75, 3.05) is 13.1 Å². The normalized spacial score (nSPS) is 15.8. The number of likely N-dealkylation sites (tertiary alicyclic amines) is 1. The van der Waals surface area contributed by atoms with E-state index in [1.807, 2.05) is 32.0 Å². The molecule has 3 rings (SSSR count). The van der Waals surface area contributed by atoms with Crippen LogP contribution in [-0.4, -0.2) is 30.0 Å². The molecular formula is C24H32N2O2. The fourth-order valence-corrected chi connectivity index (χ4v) is 3.64. The topological polar surface area (TPSA) is 41.6 Å². The van der Waals surface area contributed by atoms with Gasteiger partial charge in [-0.05, 0) is 75.0 Å². The van der Waals surface area contributed by atoms with Crippen LogP contribution in [0, 0.1) is 13.8 Å². The molecule has 1 aliphatic heterocycles. The number of nitrogens with zero attached hydrogens (tertiary/aromatic N) is 1. The molecule has 150 valence electrons. The Balaban J connectivity index is 1.52. The fraction of sp³-hybridized carbons (Fsp3) is 0.458. The lowest BCUT2D eigenvalue weighted by atomic mass is 10.1. The monoisotopic (exact) mass is 380 g/mol. The van der Waals surface area contributed by atoms with Crippen molar-refractivity contribution in [3.05, 3.63) is 64.7 Å². The highest BCUT2D eigenvalue weighted by Gasteiger charge is 2.16. The van der Waals surface area contributed by atoms with Crippen LogP contribution >= 0.6 is 0 Å². The second-order valence-corrected chi connectivity index (χ2v) is 7.83. The molecule has 4 heteroatoms. The van der Waals surface area contributed by atoms with E-state index in [9.17, 15) is 4.79 Å². The first-order valence-corrected chi connectivity index (χ1v) is 10.3. The van der Waals surface area contributed by atoms with Crippen molar-refractivity contribution in [3.63, 3.8) is 0 Å². The van der Waals surface area contributed by atoms with Crippen LogP contribution in [0.4, 0.5) is 0 Å². The molecule has 1 amide bonds. The Kier molecular flexibility index (Phi) is 7.10. The van der Waals surface area contributed by atoms with Crippen LogP contribution in [-0.2, 0) is 17.9 Å². The Bertz CT molecular complexity index is 797. The van der Waals surface area contributed by atoms with Crippen molar-refractivity contribution in [2.45, 2.75) is 59.2 Å². The van der Waals surface area contributed by atoms with Gasteiger partial charge in [0.1, 0.15) is 5.75 Å². The van der Waals surface area contributed by atoms with Crippen molar-refractivity contribution in [3.8, 4) is 5.75 Å². The maximum Gasteiger partial charge on any atom is 0.261 e. The molecule has 0 aliphatic carbocycles. The highest BCUT2D eigenvalue weighted by molar-refractivity contribution is 5.80. The largest absolute Gasteiger partial charge is 0.481 e. The zero-order valence-corrected chi connectivity index (χ0v) is 17.3. The predicted octanol–water partition coefficient (Wildman–Crippen LogP) is 4.37. The minimum absolute atomic E-state index is 0.0951. The van der Waals surface area contributed by atoms with Gasteiger partial charge in [0.25, 0.3) is 5.91 Å². The Morgan fingerprint density at radius 1 is 1.07 bits per heavy atom. The van der Waals surface area contributed by atoms with E-state index in [0.29, 0.717) is 6.54 Å². The Morgan fingerprint density at radius 2 is 1.79 bits per heavy atom. The van der Waals surface area contributed by atoms with Gasteiger partial charge in [-0.2, -0.15) is 0 Å². The Morgan fingerprint density at radius 3 is 2.57 bits per heavy atom. The molecule has 0 saturated carbocycles. The number of ether oxygens (including phenoxy) is 1. The third-order valence-corrected chi connectivity index (χ3v) is 5.54. The lowest BCUT2D eigenvalue weighted by Crippen LogP contribution is -2.36. The van der Waals surface area contributed by atoms with E-state index in [-0.39, 0.29) is 5.91 Å². The van der Waals surface area contributed by atoms with Crippen LogP contribution in [0.15, 0.2) is 42.5 Å². The van der Waals surface area contributed by atoms with Gasteiger partial charge in [0.05, 0.1) is 0 Å². The minimum atomic E-state index is -0.531. The summed E-state index contributed by atoms with van der Waals surface area (Å²) in [6.07, 6.45) is 3.42. The highest BCUT2D eigenvalue weighted by Crippen LogP contribution is 2.21. The van der Waals surface area contributed by atoms with Crippen LogP contribution < -0.4 is 10.1 Å². The number of piperidine rings is 1. The molecule has 1 heterocycles.